The lowest BCUT2D eigenvalue weighted by Crippen LogP contribution is -2.47. The van der Waals surface area contributed by atoms with Crippen molar-refractivity contribution in [3.05, 3.63) is 75.6 Å². The van der Waals surface area contributed by atoms with Gasteiger partial charge in [0.25, 0.3) is 0 Å². The van der Waals surface area contributed by atoms with Crippen LogP contribution in [0.3, 0.4) is 0 Å². The summed E-state index contributed by atoms with van der Waals surface area (Å²) in [5.74, 6) is 0. The highest BCUT2D eigenvalue weighted by Gasteiger charge is 2.33. The van der Waals surface area contributed by atoms with Crippen molar-refractivity contribution >= 4 is 21.9 Å². The van der Waals surface area contributed by atoms with Crippen LogP contribution in [-0.2, 0) is 23.6 Å². The Balaban J connectivity index is 1.48. The highest BCUT2D eigenvalue weighted by atomic mass is 32.2. The molecule has 1 aromatic heterocycles. The number of hydrogen-bond donors (Lipinski definition) is 2. The Morgan fingerprint density at radius 3 is 2.27 bits per heavy atom. The number of aromatic amines is 1. The molecule has 1 saturated heterocycles. The van der Waals surface area contributed by atoms with Gasteiger partial charge in [-0.2, -0.15) is 13.2 Å². The molecule has 1 unspecified atom stereocenters. The Morgan fingerprint density at radius 2 is 1.64 bits per heavy atom. The molecule has 176 valence electrons. The molecule has 2 N–H and O–H groups in total. The van der Waals surface area contributed by atoms with Gasteiger partial charge in [0.05, 0.1) is 17.1 Å². The molecule has 33 heavy (non-hydrogen) atoms. The predicted octanol–water partition coefficient (Wildman–Crippen LogP) is 2.77. The molecule has 0 spiro atoms. The van der Waals surface area contributed by atoms with E-state index in [1.54, 1.807) is 18.2 Å². The normalized spacial score (nSPS) is 16.8. The van der Waals surface area contributed by atoms with Crippen LogP contribution in [0.2, 0.25) is 0 Å². The summed E-state index contributed by atoms with van der Waals surface area (Å²) in [4.78, 5) is 16.8. The number of alkyl halides is 3. The SMILES string of the molecule is O=c1cc(C(F)(F)F)c2cc(Cc3ccc(S(=O)N4CCN(CCO)CC4)cc3)ccc2[nH]1. The molecule has 2 heterocycles. The average Bonchev–Trinajstić information content (AvgIpc) is 2.79. The first-order valence-electron chi connectivity index (χ1n) is 10.6. The minimum absolute atomic E-state index is 0.0438. The number of aliphatic hydroxyl groups is 1. The molecule has 4 rings (SSSR count). The van der Waals surface area contributed by atoms with Crippen LogP contribution in [0.4, 0.5) is 13.2 Å². The second-order valence-corrected chi connectivity index (χ2v) is 9.48. The van der Waals surface area contributed by atoms with Crippen LogP contribution in [0.25, 0.3) is 10.9 Å². The first-order chi connectivity index (χ1) is 15.7. The topological polar surface area (TPSA) is 76.6 Å². The third-order valence-electron chi connectivity index (χ3n) is 5.73. The second-order valence-electron chi connectivity index (χ2n) is 7.99. The molecule has 1 atom stereocenters. The van der Waals surface area contributed by atoms with Crippen LogP contribution in [0.1, 0.15) is 16.7 Å². The van der Waals surface area contributed by atoms with E-state index in [1.165, 1.54) is 12.1 Å². The Morgan fingerprint density at radius 1 is 0.970 bits per heavy atom. The minimum atomic E-state index is -4.62. The lowest BCUT2D eigenvalue weighted by molar-refractivity contribution is -0.136. The number of halogens is 3. The third-order valence-corrected chi connectivity index (χ3v) is 7.24. The van der Waals surface area contributed by atoms with E-state index in [9.17, 15) is 22.2 Å². The van der Waals surface area contributed by atoms with Crippen molar-refractivity contribution in [2.24, 2.45) is 0 Å². The number of aromatic nitrogens is 1. The molecule has 0 aliphatic carbocycles. The van der Waals surface area contributed by atoms with Gasteiger partial charge in [-0.25, -0.2) is 8.51 Å². The summed E-state index contributed by atoms with van der Waals surface area (Å²) in [6.45, 7) is 3.51. The van der Waals surface area contributed by atoms with Gasteiger partial charge in [-0.1, -0.05) is 18.2 Å². The van der Waals surface area contributed by atoms with E-state index in [2.05, 4.69) is 9.88 Å². The van der Waals surface area contributed by atoms with E-state index < -0.39 is 28.3 Å². The molecular formula is C23H24F3N3O3S. The van der Waals surface area contributed by atoms with Crippen molar-refractivity contribution in [2.45, 2.75) is 17.5 Å². The minimum Gasteiger partial charge on any atom is -0.395 e. The van der Waals surface area contributed by atoms with Gasteiger partial charge in [0.15, 0.2) is 0 Å². The first kappa shape index (κ1) is 23.6. The molecule has 0 bridgehead atoms. The van der Waals surface area contributed by atoms with Crippen LogP contribution in [-0.4, -0.2) is 62.8 Å². The summed E-state index contributed by atoms with van der Waals surface area (Å²) in [6, 6.07) is 12.4. The number of fused-ring (bicyclic) bond motifs is 1. The van der Waals surface area contributed by atoms with Gasteiger partial charge in [-0.05, 0) is 41.8 Å². The molecule has 3 aromatic rings. The van der Waals surface area contributed by atoms with E-state index in [4.69, 9.17) is 5.11 Å². The maximum atomic E-state index is 13.4. The third kappa shape index (κ3) is 5.52. The van der Waals surface area contributed by atoms with Gasteiger partial charge >= 0.3 is 6.18 Å². The van der Waals surface area contributed by atoms with E-state index >= 15 is 0 Å². The molecule has 1 aliphatic rings. The number of pyridine rings is 1. The number of rotatable bonds is 6. The number of piperazine rings is 1. The summed E-state index contributed by atoms with van der Waals surface area (Å²) in [5, 5.41) is 8.99. The standard InChI is InChI=1S/C23H24F3N3O3S/c24-23(25,26)20-15-22(31)27-21-6-3-17(14-19(20)21)13-16-1-4-18(5-2-16)33(32)29-9-7-28(8-10-29)11-12-30/h1-6,14-15,30H,7-13H2,(H,27,31). The fourth-order valence-electron chi connectivity index (χ4n) is 4.01. The van der Waals surface area contributed by atoms with E-state index in [1.807, 2.05) is 16.4 Å². The molecule has 6 nitrogen and oxygen atoms in total. The smallest absolute Gasteiger partial charge is 0.395 e. The summed E-state index contributed by atoms with van der Waals surface area (Å²) < 4.78 is 54.9. The van der Waals surface area contributed by atoms with Gasteiger partial charge in [0, 0.05) is 49.7 Å². The Bertz CT molecular complexity index is 1200. The summed E-state index contributed by atoms with van der Waals surface area (Å²) in [7, 11) is -1.29. The number of aliphatic hydroxyl groups excluding tert-OH is 1. The van der Waals surface area contributed by atoms with E-state index in [-0.39, 0.29) is 17.5 Å². The predicted molar refractivity (Wildman–Crippen MR) is 120 cm³/mol. The molecule has 0 amide bonds. The zero-order chi connectivity index (χ0) is 23.6. The van der Waals surface area contributed by atoms with Crippen LogP contribution >= 0.6 is 0 Å². The second kappa shape index (κ2) is 9.76. The summed E-state index contributed by atoms with van der Waals surface area (Å²) >= 11 is 0. The molecule has 0 saturated carbocycles. The average molecular weight is 480 g/mol. The quantitative estimate of drug-likeness (QED) is 0.570. The van der Waals surface area contributed by atoms with Gasteiger partial charge < -0.3 is 10.1 Å². The monoisotopic (exact) mass is 479 g/mol. The van der Waals surface area contributed by atoms with E-state index in [0.717, 1.165) is 18.7 Å². The van der Waals surface area contributed by atoms with Crippen molar-refractivity contribution in [2.75, 3.05) is 39.3 Å². The highest BCUT2D eigenvalue weighted by Crippen LogP contribution is 2.33. The first-order valence-corrected chi connectivity index (χ1v) is 11.7. The van der Waals surface area contributed by atoms with Crippen molar-refractivity contribution in [1.29, 1.82) is 0 Å². The number of nitrogens with zero attached hydrogens (tertiary/aromatic N) is 2. The fraction of sp³-hybridized carbons (Fsp3) is 0.348. The Labute approximate surface area is 191 Å². The number of nitrogens with one attached hydrogen (secondary N) is 1. The lowest BCUT2D eigenvalue weighted by Gasteiger charge is -2.33. The van der Waals surface area contributed by atoms with Gasteiger partial charge in [0.1, 0.15) is 11.0 Å². The number of H-pyrrole nitrogens is 1. The Hall–Kier alpha value is -2.53. The van der Waals surface area contributed by atoms with Gasteiger partial charge in [-0.15, -0.1) is 0 Å². The number of hydrogen-bond acceptors (Lipinski definition) is 4. The number of β-amino-alcohol motifs (C(OH)–C–C–N with tert-alkyl or cyclic N) is 1. The molecule has 2 aromatic carbocycles. The molecule has 0 radical (unpaired) electrons. The number of benzene rings is 2. The lowest BCUT2D eigenvalue weighted by atomic mass is 10.0. The molecular weight excluding hydrogens is 455 g/mol. The van der Waals surface area contributed by atoms with Crippen molar-refractivity contribution in [3.63, 3.8) is 0 Å². The van der Waals surface area contributed by atoms with Crippen molar-refractivity contribution in [3.8, 4) is 0 Å². The van der Waals surface area contributed by atoms with Crippen LogP contribution < -0.4 is 5.56 Å². The molecule has 1 fully saturated rings. The largest absolute Gasteiger partial charge is 0.417 e. The van der Waals surface area contributed by atoms with Crippen LogP contribution in [0.5, 0.6) is 0 Å². The zero-order valence-electron chi connectivity index (χ0n) is 17.8. The van der Waals surface area contributed by atoms with Gasteiger partial charge in [-0.3, -0.25) is 9.69 Å². The highest BCUT2D eigenvalue weighted by molar-refractivity contribution is 7.82. The summed E-state index contributed by atoms with van der Waals surface area (Å²) in [5.41, 5.74) is -0.0490. The van der Waals surface area contributed by atoms with Crippen LogP contribution in [0, 0.1) is 0 Å². The van der Waals surface area contributed by atoms with Crippen molar-refractivity contribution in [1.82, 2.24) is 14.2 Å². The Kier molecular flexibility index (Phi) is 6.99. The summed E-state index contributed by atoms with van der Waals surface area (Å²) in [6.07, 6.45) is -4.22. The van der Waals surface area contributed by atoms with Crippen molar-refractivity contribution < 1.29 is 22.5 Å². The van der Waals surface area contributed by atoms with Gasteiger partial charge in [0.2, 0.25) is 5.56 Å². The van der Waals surface area contributed by atoms with E-state index in [0.29, 0.717) is 42.6 Å². The van der Waals surface area contributed by atoms with Crippen LogP contribution in [0.15, 0.2) is 58.2 Å². The maximum absolute atomic E-state index is 13.4. The fourth-order valence-corrected chi connectivity index (χ4v) is 5.18. The zero-order valence-corrected chi connectivity index (χ0v) is 18.6. The molecule has 1 aliphatic heterocycles. The maximum Gasteiger partial charge on any atom is 0.417 e. The molecule has 10 heteroatoms.